The first kappa shape index (κ1) is 27.6. The van der Waals surface area contributed by atoms with Crippen LogP contribution in [0.25, 0.3) is 0 Å². The van der Waals surface area contributed by atoms with Gasteiger partial charge in [0.15, 0.2) is 5.78 Å². The van der Waals surface area contributed by atoms with Gasteiger partial charge in [0.2, 0.25) is 5.91 Å². The third-order valence-electron chi connectivity index (χ3n) is 8.02. The summed E-state index contributed by atoms with van der Waals surface area (Å²) in [6, 6.07) is 22.0. The third kappa shape index (κ3) is 5.40. The molecule has 0 radical (unpaired) electrons. The van der Waals surface area contributed by atoms with Gasteiger partial charge in [-0.25, -0.2) is 4.39 Å². The molecule has 208 valence electrons. The van der Waals surface area contributed by atoms with Crippen molar-refractivity contribution in [1.29, 1.82) is 0 Å². The highest BCUT2D eigenvalue weighted by Gasteiger charge is 2.41. The van der Waals surface area contributed by atoms with Crippen molar-refractivity contribution in [2.45, 2.75) is 58.9 Å². The molecule has 5 rings (SSSR count). The standard InChI is InChI=1S/C34H38FN3O2/c1-5-37(6-2)27-17-13-24(14-18-27)34-33-29(20-25(21-31(33)39)23-11-15-26(35)16-12-23)36-28-9-7-8-10-30(28)38(34)32(40)19-22(3)4/h7-18,22,25,34,36H,5-6,19-21H2,1-4H3/t25-,34+/m0/s1. The zero-order valence-electron chi connectivity index (χ0n) is 23.8. The van der Waals surface area contributed by atoms with Crippen molar-refractivity contribution in [3.63, 3.8) is 0 Å². The van der Waals surface area contributed by atoms with E-state index in [2.05, 4.69) is 48.3 Å². The number of halogens is 1. The largest absolute Gasteiger partial charge is 0.372 e. The number of carbonyl (C=O) groups excluding carboxylic acids is 2. The molecule has 6 heteroatoms. The van der Waals surface area contributed by atoms with E-state index in [9.17, 15) is 14.0 Å². The molecule has 5 nitrogen and oxygen atoms in total. The van der Waals surface area contributed by atoms with Gasteiger partial charge >= 0.3 is 0 Å². The molecular weight excluding hydrogens is 501 g/mol. The van der Waals surface area contributed by atoms with Gasteiger partial charge < -0.3 is 10.2 Å². The minimum absolute atomic E-state index is 0.00993. The molecule has 2 aliphatic rings. The van der Waals surface area contributed by atoms with Crippen LogP contribution in [0.15, 0.2) is 84.1 Å². The van der Waals surface area contributed by atoms with Crippen molar-refractivity contribution in [2.75, 3.05) is 28.2 Å². The highest BCUT2D eigenvalue weighted by Crippen LogP contribution is 2.47. The Balaban J connectivity index is 1.67. The number of carbonyl (C=O) groups is 2. The predicted molar refractivity (Wildman–Crippen MR) is 160 cm³/mol. The average molecular weight is 540 g/mol. The van der Waals surface area contributed by atoms with Crippen LogP contribution in [0.3, 0.4) is 0 Å². The number of amides is 1. The molecule has 0 unspecified atom stereocenters. The van der Waals surface area contributed by atoms with E-state index < -0.39 is 6.04 Å². The summed E-state index contributed by atoms with van der Waals surface area (Å²) in [5.74, 6) is -0.199. The van der Waals surface area contributed by atoms with Gasteiger partial charge in [0.05, 0.1) is 17.4 Å². The summed E-state index contributed by atoms with van der Waals surface area (Å²) >= 11 is 0. The van der Waals surface area contributed by atoms with E-state index in [1.807, 2.05) is 43.0 Å². The number of nitrogens with zero attached hydrogens (tertiary/aromatic N) is 2. The Morgan fingerprint density at radius 3 is 2.25 bits per heavy atom. The molecule has 2 atom stereocenters. The monoisotopic (exact) mass is 539 g/mol. The summed E-state index contributed by atoms with van der Waals surface area (Å²) < 4.78 is 13.7. The van der Waals surface area contributed by atoms with Crippen LogP contribution >= 0.6 is 0 Å². The van der Waals surface area contributed by atoms with Crippen molar-refractivity contribution in [3.8, 4) is 0 Å². The van der Waals surface area contributed by atoms with Crippen LogP contribution in [0.2, 0.25) is 0 Å². The van der Waals surface area contributed by atoms with Gasteiger partial charge in [-0.3, -0.25) is 14.5 Å². The SMILES string of the molecule is CCN(CC)c1ccc([C@@H]2C3=C(C[C@H](c4ccc(F)cc4)CC3=O)Nc3ccccc3N2C(=O)CC(C)C)cc1. The van der Waals surface area contributed by atoms with Gasteiger partial charge in [0.25, 0.3) is 0 Å². The normalized spacial score (nSPS) is 18.6. The van der Waals surface area contributed by atoms with E-state index in [-0.39, 0.29) is 29.3 Å². The smallest absolute Gasteiger partial charge is 0.228 e. The summed E-state index contributed by atoms with van der Waals surface area (Å²) in [6.07, 6.45) is 1.28. The second kappa shape index (κ2) is 11.7. The number of anilines is 3. The first-order valence-corrected chi connectivity index (χ1v) is 14.3. The zero-order chi connectivity index (χ0) is 28.4. The number of para-hydroxylation sites is 2. The fraction of sp³-hybridized carbons (Fsp3) is 0.353. The quantitative estimate of drug-likeness (QED) is 0.336. The average Bonchev–Trinajstić information content (AvgIpc) is 3.09. The maximum Gasteiger partial charge on any atom is 0.228 e. The van der Waals surface area contributed by atoms with Gasteiger partial charge in [0, 0.05) is 42.9 Å². The minimum Gasteiger partial charge on any atom is -0.372 e. The molecule has 1 aliphatic heterocycles. The lowest BCUT2D eigenvalue weighted by Crippen LogP contribution is -2.39. The summed E-state index contributed by atoms with van der Waals surface area (Å²) in [5.41, 5.74) is 6.01. The molecular formula is C34H38FN3O2. The van der Waals surface area contributed by atoms with Crippen molar-refractivity contribution in [3.05, 3.63) is 101 Å². The topological polar surface area (TPSA) is 52.7 Å². The van der Waals surface area contributed by atoms with Crippen LogP contribution in [0, 0.1) is 11.7 Å². The first-order chi connectivity index (χ1) is 19.3. The van der Waals surface area contributed by atoms with E-state index >= 15 is 0 Å². The summed E-state index contributed by atoms with van der Waals surface area (Å²) in [6.45, 7) is 10.1. The van der Waals surface area contributed by atoms with E-state index in [1.54, 1.807) is 12.1 Å². The van der Waals surface area contributed by atoms with E-state index in [4.69, 9.17) is 0 Å². The van der Waals surface area contributed by atoms with Crippen LogP contribution in [-0.2, 0) is 9.59 Å². The van der Waals surface area contributed by atoms with Crippen LogP contribution in [0.5, 0.6) is 0 Å². The van der Waals surface area contributed by atoms with Crippen molar-refractivity contribution >= 4 is 28.8 Å². The molecule has 0 saturated heterocycles. The van der Waals surface area contributed by atoms with Crippen LogP contribution < -0.4 is 15.1 Å². The van der Waals surface area contributed by atoms with Crippen molar-refractivity contribution in [1.82, 2.24) is 0 Å². The number of hydrogen-bond donors (Lipinski definition) is 1. The lowest BCUT2D eigenvalue weighted by atomic mass is 9.78. The molecule has 1 heterocycles. The number of fused-ring (bicyclic) bond motifs is 1. The molecule has 40 heavy (non-hydrogen) atoms. The van der Waals surface area contributed by atoms with Crippen LogP contribution in [0.1, 0.15) is 70.0 Å². The number of benzene rings is 3. The van der Waals surface area contributed by atoms with Crippen LogP contribution in [0.4, 0.5) is 21.5 Å². The summed E-state index contributed by atoms with van der Waals surface area (Å²) in [5, 5.41) is 3.57. The number of nitrogens with one attached hydrogen (secondary N) is 1. The second-order valence-corrected chi connectivity index (χ2v) is 11.1. The molecule has 0 spiro atoms. The Hall–Kier alpha value is -3.93. The number of allylic oxidation sites excluding steroid dienone is 1. The molecule has 1 aliphatic carbocycles. The van der Waals surface area contributed by atoms with Gasteiger partial charge in [-0.15, -0.1) is 0 Å². The summed E-state index contributed by atoms with van der Waals surface area (Å²) in [7, 11) is 0. The maximum atomic E-state index is 14.1. The Morgan fingerprint density at radius 1 is 0.950 bits per heavy atom. The van der Waals surface area contributed by atoms with E-state index in [0.717, 1.165) is 47.0 Å². The van der Waals surface area contributed by atoms with E-state index in [0.29, 0.717) is 24.8 Å². The molecule has 0 saturated carbocycles. The van der Waals surface area contributed by atoms with E-state index in [1.165, 1.54) is 12.1 Å². The lowest BCUT2D eigenvalue weighted by Gasteiger charge is -2.35. The number of hydrogen-bond acceptors (Lipinski definition) is 4. The molecule has 1 N–H and O–H groups in total. The van der Waals surface area contributed by atoms with Gasteiger partial charge in [0.1, 0.15) is 5.82 Å². The van der Waals surface area contributed by atoms with Gasteiger partial charge in [-0.2, -0.15) is 0 Å². The second-order valence-electron chi connectivity index (χ2n) is 11.1. The number of Topliss-reactive ketones (excluding diaryl/α,β-unsaturated/α-hetero) is 1. The molecule has 1 amide bonds. The highest BCUT2D eigenvalue weighted by atomic mass is 19.1. The fourth-order valence-electron chi connectivity index (χ4n) is 6.06. The molecule has 0 aromatic heterocycles. The number of rotatable bonds is 7. The van der Waals surface area contributed by atoms with Gasteiger partial charge in [-0.05, 0) is 79.6 Å². The zero-order valence-corrected chi connectivity index (χ0v) is 23.8. The Bertz CT molecular complexity index is 1410. The minimum atomic E-state index is -0.551. The molecule has 3 aromatic rings. The van der Waals surface area contributed by atoms with Crippen LogP contribution in [-0.4, -0.2) is 24.8 Å². The maximum absolute atomic E-state index is 14.1. The molecule has 0 bridgehead atoms. The third-order valence-corrected chi connectivity index (χ3v) is 8.02. The lowest BCUT2D eigenvalue weighted by molar-refractivity contribution is -0.119. The molecule has 3 aromatic carbocycles. The summed E-state index contributed by atoms with van der Waals surface area (Å²) in [4.78, 5) is 32.2. The highest BCUT2D eigenvalue weighted by molar-refractivity contribution is 6.06. The Morgan fingerprint density at radius 2 is 1.60 bits per heavy atom. The predicted octanol–water partition coefficient (Wildman–Crippen LogP) is 7.62. The number of ketones is 1. The fourth-order valence-corrected chi connectivity index (χ4v) is 6.06. The Labute approximate surface area is 236 Å². The Kier molecular flexibility index (Phi) is 8.06. The van der Waals surface area contributed by atoms with Crippen molar-refractivity contribution in [2.24, 2.45) is 5.92 Å². The first-order valence-electron chi connectivity index (χ1n) is 14.3. The van der Waals surface area contributed by atoms with Crippen molar-refractivity contribution < 1.29 is 14.0 Å². The molecule has 0 fully saturated rings. The van der Waals surface area contributed by atoms with Gasteiger partial charge in [-0.1, -0.05) is 50.2 Å².